The molecule has 0 aromatic heterocycles. The fraction of sp³-hybridized carbons (Fsp3) is 0.394. The third kappa shape index (κ3) is 8.43. The van der Waals surface area contributed by atoms with Gasteiger partial charge in [0.15, 0.2) is 11.5 Å². The van der Waals surface area contributed by atoms with Crippen molar-refractivity contribution in [1.29, 1.82) is 0 Å². The van der Waals surface area contributed by atoms with Gasteiger partial charge >= 0.3 is 0 Å². The summed E-state index contributed by atoms with van der Waals surface area (Å²) >= 11 is 0. The molecule has 238 valence electrons. The van der Waals surface area contributed by atoms with Gasteiger partial charge in [-0.25, -0.2) is 8.42 Å². The van der Waals surface area contributed by atoms with Crippen LogP contribution in [0.15, 0.2) is 71.6 Å². The number of hydrogen-bond donors (Lipinski definition) is 1. The Kier molecular flexibility index (Phi) is 12.0. The first kappa shape index (κ1) is 34.2. The molecule has 2 amide bonds. The highest BCUT2D eigenvalue weighted by Gasteiger charge is 2.34. The lowest BCUT2D eigenvalue weighted by molar-refractivity contribution is -0.140. The van der Waals surface area contributed by atoms with E-state index in [0.29, 0.717) is 30.2 Å². The molecule has 44 heavy (non-hydrogen) atoms. The number of carbonyl (C=O) groups excluding carboxylic acids is 2. The first-order valence-electron chi connectivity index (χ1n) is 14.5. The van der Waals surface area contributed by atoms with Crippen LogP contribution in [0.5, 0.6) is 17.2 Å². The van der Waals surface area contributed by atoms with Crippen LogP contribution in [0.3, 0.4) is 0 Å². The van der Waals surface area contributed by atoms with E-state index in [2.05, 4.69) is 5.32 Å². The Morgan fingerprint density at radius 1 is 0.864 bits per heavy atom. The minimum Gasteiger partial charge on any atom is -0.497 e. The van der Waals surface area contributed by atoms with Gasteiger partial charge in [0.05, 0.1) is 31.9 Å². The number of nitrogens with zero attached hydrogens (tertiary/aromatic N) is 2. The number of methoxy groups -OCH3 is 3. The predicted octanol–water partition coefficient (Wildman–Crippen LogP) is 4.80. The maximum absolute atomic E-state index is 14.3. The summed E-state index contributed by atoms with van der Waals surface area (Å²) in [5.74, 6) is 0.722. The van der Waals surface area contributed by atoms with Crippen LogP contribution in [0.25, 0.3) is 0 Å². The average Bonchev–Trinajstić information content (AvgIpc) is 3.02. The van der Waals surface area contributed by atoms with Crippen LogP contribution < -0.4 is 23.8 Å². The third-order valence-electron chi connectivity index (χ3n) is 7.13. The number of hydrogen-bond acceptors (Lipinski definition) is 7. The summed E-state index contributed by atoms with van der Waals surface area (Å²) in [6.45, 7) is 7.62. The van der Waals surface area contributed by atoms with Gasteiger partial charge in [0.25, 0.3) is 10.0 Å². The van der Waals surface area contributed by atoms with Crippen molar-refractivity contribution in [2.24, 2.45) is 5.92 Å². The van der Waals surface area contributed by atoms with Crippen molar-refractivity contribution < 1.29 is 32.2 Å². The van der Waals surface area contributed by atoms with E-state index < -0.39 is 28.5 Å². The molecule has 1 atom stereocenters. The smallest absolute Gasteiger partial charge is 0.264 e. The summed E-state index contributed by atoms with van der Waals surface area (Å²) < 4.78 is 45.4. The topological polar surface area (TPSA) is 114 Å². The molecule has 0 aliphatic carbocycles. The van der Waals surface area contributed by atoms with Gasteiger partial charge in [0.1, 0.15) is 18.3 Å². The fourth-order valence-electron chi connectivity index (χ4n) is 4.62. The molecule has 3 rings (SSSR count). The Labute approximate surface area is 261 Å². The number of amides is 2. The Morgan fingerprint density at radius 2 is 1.50 bits per heavy atom. The molecule has 3 aromatic carbocycles. The van der Waals surface area contributed by atoms with Crippen molar-refractivity contribution in [2.75, 3.05) is 38.7 Å². The number of aryl methyl sites for hydroxylation is 1. The van der Waals surface area contributed by atoms with Crippen LogP contribution in [-0.4, -0.2) is 65.6 Å². The van der Waals surface area contributed by atoms with E-state index in [4.69, 9.17) is 14.2 Å². The Balaban J connectivity index is 2.10. The van der Waals surface area contributed by atoms with Crippen LogP contribution >= 0.6 is 0 Å². The standard InChI is InChI=1S/C33H43N3O7S/c1-8-29(33(38)34-20-23(2)3)35(21-25-11-14-27(41-5)15-12-25)32(37)22-36(26-13-18-30(42-6)31(19-26)43-7)44(39,40)28-16-9-24(4)10-17-28/h9-19,23,29H,8,20-22H2,1-7H3,(H,34,38). The van der Waals surface area contributed by atoms with Gasteiger partial charge in [0.2, 0.25) is 11.8 Å². The molecule has 10 nitrogen and oxygen atoms in total. The van der Waals surface area contributed by atoms with Crippen LogP contribution in [-0.2, 0) is 26.2 Å². The molecular formula is C33H43N3O7S. The number of ether oxygens (including phenoxy) is 3. The molecule has 0 heterocycles. The van der Waals surface area contributed by atoms with E-state index in [9.17, 15) is 18.0 Å². The van der Waals surface area contributed by atoms with Crippen LogP contribution in [0.2, 0.25) is 0 Å². The normalized spacial score (nSPS) is 11.9. The van der Waals surface area contributed by atoms with Crippen molar-refractivity contribution in [1.82, 2.24) is 10.2 Å². The number of rotatable bonds is 15. The lowest BCUT2D eigenvalue weighted by atomic mass is 10.1. The van der Waals surface area contributed by atoms with Crippen LogP contribution in [0, 0.1) is 12.8 Å². The second kappa shape index (κ2) is 15.5. The van der Waals surface area contributed by atoms with Gasteiger partial charge in [-0.3, -0.25) is 13.9 Å². The SMILES string of the molecule is CCC(C(=O)NCC(C)C)N(Cc1ccc(OC)cc1)C(=O)CN(c1ccc(OC)c(OC)c1)S(=O)(=O)c1ccc(C)cc1. The van der Waals surface area contributed by atoms with E-state index in [1.165, 1.54) is 37.3 Å². The van der Waals surface area contributed by atoms with Crippen molar-refractivity contribution in [2.45, 2.75) is 51.6 Å². The molecule has 0 spiro atoms. The second-order valence-electron chi connectivity index (χ2n) is 10.8. The molecule has 3 aromatic rings. The maximum atomic E-state index is 14.3. The largest absolute Gasteiger partial charge is 0.497 e. The zero-order valence-corrected chi connectivity index (χ0v) is 27.3. The number of nitrogens with one attached hydrogen (secondary N) is 1. The summed E-state index contributed by atoms with van der Waals surface area (Å²) in [5, 5.41) is 2.93. The molecule has 0 aliphatic rings. The molecule has 11 heteroatoms. The molecule has 0 fully saturated rings. The molecule has 1 N–H and O–H groups in total. The molecule has 0 saturated heterocycles. The summed E-state index contributed by atoms with van der Waals surface area (Å²) in [4.78, 5) is 29.1. The lowest BCUT2D eigenvalue weighted by Gasteiger charge is -2.33. The van der Waals surface area contributed by atoms with Gasteiger partial charge in [0, 0.05) is 19.2 Å². The van der Waals surface area contributed by atoms with Gasteiger partial charge in [-0.05, 0) is 61.2 Å². The first-order valence-corrected chi connectivity index (χ1v) is 15.9. The number of anilines is 1. The van der Waals surface area contributed by atoms with Crippen molar-refractivity contribution in [3.05, 3.63) is 77.9 Å². The molecule has 1 unspecified atom stereocenters. The van der Waals surface area contributed by atoms with Gasteiger partial charge in [-0.15, -0.1) is 0 Å². The van der Waals surface area contributed by atoms with E-state index in [1.54, 1.807) is 43.5 Å². The van der Waals surface area contributed by atoms with E-state index >= 15 is 0 Å². The zero-order valence-electron chi connectivity index (χ0n) is 26.5. The maximum Gasteiger partial charge on any atom is 0.264 e. The fourth-order valence-corrected chi connectivity index (χ4v) is 6.02. The summed E-state index contributed by atoms with van der Waals surface area (Å²) in [5.41, 5.74) is 1.85. The van der Waals surface area contributed by atoms with Crippen molar-refractivity contribution in [3.63, 3.8) is 0 Å². The summed E-state index contributed by atoms with van der Waals surface area (Å²) in [6.07, 6.45) is 0.326. The number of sulfonamides is 1. The second-order valence-corrected chi connectivity index (χ2v) is 12.7. The Bertz CT molecular complexity index is 1510. The average molecular weight is 626 g/mol. The summed E-state index contributed by atoms with van der Waals surface area (Å²) in [7, 11) is 0.265. The lowest BCUT2D eigenvalue weighted by Crippen LogP contribution is -2.52. The molecule has 0 saturated carbocycles. The highest BCUT2D eigenvalue weighted by molar-refractivity contribution is 7.92. The first-order chi connectivity index (χ1) is 20.9. The number of benzene rings is 3. The van der Waals surface area contributed by atoms with Crippen LogP contribution in [0.4, 0.5) is 5.69 Å². The molecule has 0 aliphatic heterocycles. The molecular weight excluding hydrogens is 582 g/mol. The summed E-state index contributed by atoms with van der Waals surface area (Å²) in [6, 6.07) is 17.4. The van der Waals surface area contributed by atoms with Gasteiger partial charge in [-0.1, -0.05) is 50.6 Å². The zero-order chi connectivity index (χ0) is 32.4. The Hall–Kier alpha value is -4.25. The molecule has 0 radical (unpaired) electrons. The van der Waals surface area contributed by atoms with Gasteiger partial charge in [-0.2, -0.15) is 0 Å². The minimum absolute atomic E-state index is 0.0223. The highest BCUT2D eigenvalue weighted by Crippen LogP contribution is 2.34. The van der Waals surface area contributed by atoms with Gasteiger partial charge < -0.3 is 24.4 Å². The molecule has 0 bridgehead atoms. The highest BCUT2D eigenvalue weighted by atomic mass is 32.2. The van der Waals surface area contributed by atoms with Crippen molar-refractivity contribution >= 4 is 27.5 Å². The quantitative estimate of drug-likeness (QED) is 0.258. The number of carbonyl (C=O) groups is 2. The van der Waals surface area contributed by atoms with E-state index in [1.807, 2.05) is 39.8 Å². The van der Waals surface area contributed by atoms with Crippen LogP contribution in [0.1, 0.15) is 38.3 Å². The Morgan fingerprint density at radius 3 is 2.05 bits per heavy atom. The van der Waals surface area contributed by atoms with Crippen molar-refractivity contribution in [3.8, 4) is 17.2 Å². The monoisotopic (exact) mass is 625 g/mol. The minimum atomic E-state index is -4.23. The van der Waals surface area contributed by atoms with E-state index in [0.717, 1.165) is 15.4 Å². The van der Waals surface area contributed by atoms with E-state index in [-0.39, 0.29) is 29.0 Å². The predicted molar refractivity (Wildman–Crippen MR) is 171 cm³/mol. The third-order valence-corrected chi connectivity index (χ3v) is 8.91.